The van der Waals surface area contributed by atoms with E-state index in [0.717, 1.165) is 128 Å². The summed E-state index contributed by atoms with van der Waals surface area (Å²) in [5.74, 6) is -0.527. The standard InChI is InChI=1S/C68H121N2O7P/c1-7-10-13-16-19-22-25-28-30-31-32-33-34-35-36-37-38-39-41-43-46-49-52-55-58-61-68(72)77-66(59-56-53-50-47-44-27-24-21-18-15-12-9-3)65(64-76-78(73,74)75-63-62-70(4,5)6)69-67(71)60-57-54-51-48-45-42-40-29-26-23-20-17-14-11-8-2/h10,13,19-20,22-23,26,28-30,32-33,35-36,56,59,65-66H,7-9,11-12,14-18,21,24-25,27,31,34,37-55,57-58,60-64H2,1-6H3,(H-,69,71,73,74)/p+1/b13-10-,22-19-,23-20+,29-26+,30-28-,33-32-,36-35-,59-56-. The number of esters is 1. The van der Waals surface area contributed by atoms with E-state index in [-0.39, 0.29) is 31.5 Å². The van der Waals surface area contributed by atoms with Gasteiger partial charge in [0.15, 0.2) is 0 Å². The zero-order valence-electron chi connectivity index (χ0n) is 51.4. The van der Waals surface area contributed by atoms with Crippen molar-refractivity contribution in [1.82, 2.24) is 5.32 Å². The van der Waals surface area contributed by atoms with Crippen LogP contribution < -0.4 is 5.32 Å². The quantitative estimate of drug-likeness (QED) is 0.0156. The number of unbranched alkanes of at least 4 members (excludes halogenated alkanes) is 28. The Labute approximate surface area is 481 Å². The van der Waals surface area contributed by atoms with Crippen LogP contribution in [-0.2, 0) is 27.9 Å². The Morgan fingerprint density at radius 2 is 0.859 bits per heavy atom. The zero-order chi connectivity index (χ0) is 57.2. The van der Waals surface area contributed by atoms with Gasteiger partial charge in [0.25, 0.3) is 0 Å². The van der Waals surface area contributed by atoms with E-state index in [2.05, 4.69) is 111 Å². The summed E-state index contributed by atoms with van der Waals surface area (Å²) in [7, 11) is 1.48. The summed E-state index contributed by atoms with van der Waals surface area (Å²) in [6.07, 6.45) is 76.9. The number of amides is 1. The molecule has 0 saturated carbocycles. The molecule has 0 aliphatic heterocycles. The second-order valence-electron chi connectivity index (χ2n) is 22.6. The first-order valence-corrected chi connectivity index (χ1v) is 33.6. The molecular formula is C68H122N2O7P+. The van der Waals surface area contributed by atoms with Gasteiger partial charge in [0.1, 0.15) is 19.3 Å². The molecule has 0 aromatic carbocycles. The van der Waals surface area contributed by atoms with Crippen molar-refractivity contribution in [3.05, 3.63) is 97.2 Å². The smallest absolute Gasteiger partial charge is 0.456 e. The predicted octanol–water partition coefficient (Wildman–Crippen LogP) is 19.9. The van der Waals surface area contributed by atoms with E-state index in [1.165, 1.54) is 109 Å². The van der Waals surface area contributed by atoms with Crippen LogP contribution in [-0.4, -0.2) is 74.3 Å². The third kappa shape index (κ3) is 57.6. The minimum atomic E-state index is -4.46. The Kier molecular flexibility index (Phi) is 54.9. The van der Waals surface area contributed by atoms with Crippen molar-refractivity contribution in [3.63, 3.8) is 0 Å². The van der Waals surface area contributed by atoms with Gasteiger partial charge in [-0.25, -0.2) is 4.57 Å². The number of ether oxygens (including phenoxy) is 1. The maximum Gasteiger partial charge on any atom is 0.472 e. The molecule has 0 aromatic heterocycles. The number of carbonyl (C=O) groups is 2. The number of nitrogens with one attached hydrogen (secondary N) is 1. The minimum Gasteiger partial charge on any atom is -0.456 e. The van der Waals surface area contributed by atoms with Gasteiger partial charge in [0.05, 0.1) is 33.8 Å². The Bertz CT molecular complexity index is 1660. The maximum atomic E-state index is 13.5. The molecule has 450 valence electrons. The Morgan fingerprint density at radius 1 is 0.474 bits per heavy atom. The van der Waals surface area contributed by atoms with Gasteiger partial charge in [-0.2, -0.15) is 0 Å². The van der Waals surface area contributed by atoms with E-state index in [1.54, 1.807) is 0 Å². The van der Waals surface area contributed by atoms with E-state index in [4.69, 9.17) is 13.8 Å². The van der Waals surface area contributed by atoms with Crippen LogP contribution in [0.2, 0.25) is 0 Å². The van der Waals surface area contributed by atoms with Crippen LogP contribution in [0, 0.1) is 0 Å². The molecule has 78 heavy (non-hydrogen) atoms. The monoisotopic (exact) mass is 1110 g/mol. The number of rotatable bonds is 57. The topological polar surface area (TPSA) is 111 Å². The van der Waals surface area contributed by atoms with Crippen LogP contribution in [0.4, 0.5) is 0 Å². The average Bonchev–Trinajstić information content (AvgIpc) is 3.40. The highest BCUT2D eigenvalue weighted by Crippen LogP contribution is 2.43. The first kappa shape index (κ1) is 74.9. The van der Waals surface area contributed by atoms with Crippen LogP contribution in [0.1, 0.15) is 271 Å². The fourth-order valence-electron chi connectivity index (χ4n) is 8.84. The van der Waals surface area contributed by atoms with Crippen LogP contribution in [0.3, 0.4) is 0 Å². The molecule has 0 fully saturated rings. The first-order valence-electron chi connectivity index (χ1n) is 32.1. The molecular weight excluding hydrogens is 988 g/mol. The van der Waals surface area contributed by atoms with Gasteiger partial charge in [0, 0.05) is 12.8 Å². The second kappa shape index (κ2) is 57.2. The van der Waals surface area contributed by atoms with Crippen molar-refractivity contribution in [3.8, 4) is 0 Å². The van der Waals surface area contributed by atoms with Crippen LogP contribution >= 0.6 is 7.82 Å². The summed E-state index contributed by atoms with van der Waals surface area (Å²) in [5.41, 5.74) is 0. The highest BCUT2D eigenvalue weighted by atomic mass is 31.2. The van der Waals surface area contributed by atoms with Crippen LogP contribution in [0.25, 0.3) is 0 Å². The number of allylic oxidation sites excluding steroid dienone is 15. The lowest BCUT2D eigenvalue weighted by molar-refractivity contribution is -0.870. The lowest BCUT2D eigenvalue weighted by Crippen LogP contribution is -2.47. The largest absolute Gasteiger partial charge is 0.472 e. The Morgan fingerprint density at radius 3 is 1.33 bits per heavy atom. The molecule has 0 aromatic rings. The van der Waals surface area contributed by atoms with Crippen LogP contribution in [0.5, 0.6) is 0 Å². The fourth-order valence-corrected chi connectivity index (χ4v) is 9.58. The Hall–Kier alpha value is -3.07. The molecule has 1 amide bonds. The summed E-state index contributed by atoms with van der Waals surface area (Å²) >= 11 is 0. The number of hydrogen-bond acceptors (Lipinski definition) is 6. The van der Waals surface area contributed by atoms with Gasteiger partial charge >= 0.3 is 13.8 Å². The molecule has 10 heteroatoms. The third-order valence-corrected chi connectivity index (χ3v) is 14.8. The van der Waals surface area contributed by atoms with Crippen LogP contribution in [0.15, 0.2) is 97.2 Å². The van der Waals surface area contributed by atoms with Crippen molar-refractivity contribution in [2.75, 3.05) is 40.9 Å². The normalized spacial score (nSPS) is 14.3. The molecule has 0 bridgehead atoms. The van der Waals surface area contributed by atoms with E-state index < -0.39 is 20.0 Å². The van der Waals surface area contributed by atoms with Gasteiger partial charge in [-0.3, -0.25) is 18.6 Å². The summed E-state index contributed by atoms with van der Waals surface area (Å²) in [6.45, 7) is 6.86. The minimum absolute atomic E-state index is 0.0329. The number of phosphoric acid groups is 1. The fraction of sp³-hybridized carbons (Fsp3) is 0.735. The van der Waals surface area contributed by atoms with Gasteiger partial charge < -0.3 is 19.4 Å². The number of quaternary nitrogens is 1. The number of nitrogens with zero attached hydrogens (tertiary/aromatic N) is 1. The van der Waals surface area contributed by atoms with E-state index >= 15 is 0 Å². The molecule has 0 saturated heterocycles. The zero-order valence-corrected chi connectivity index (χ0v) is 52.3. The predicted molar refractivity (Wildman–Crippen MR) is 337 cm³/mol. The number of likely N-dealkylation sites (N-methyl/N-ethyl adjacent to an activating group) is 1. The second-order valence-corrected chi connectivity index (χ2v) is 24.0. The number of phosphoric ester groups is 1. The maximum absolute atomic E-state index is 13.5. The highest BCUT2D eigenvalue weighted by molar-refractivity contribution is 7.47. The molecule has 0 aliphatic carbocycles. The molecule has 0 rings (SSSR count). The van der Waals surface area contributed by atoms with E-state index in [1.807, 2.05) is 33.3 Å². The van der Waals surface area contributed by atoms with Crippen molar-refractivity contribution < 1.29 is 37.3 Å². The summed E-state index contributed by atoms with van der Waals surface area (Å²) in [4.78, 5) is 37.7. The number of carbonyl (C=O) groups excluding carboxylic acids is 2. The highest BCUT2D eigenvalue weighted by Gasteiger charge is 2.30. The molecule has 2 N–H and O–H groups in total. The van der Waals surface area contributed by atoms with Crippen molar-refractivity contribution >= 4 is 19.7 Å². The summed E-state index contributed by atoms with van der Waals surface area (Å²) < 4.78 is 30.7. The molecule has 0 aliphatic rings. The first-order chi connectivity index (χ1) is 37.9. The van der Waals surface area contributed by atoms with Crippen molar-refractivity contribution in [1.29, 1.82) is 0 Å². The van der Waals surface area contributed by atoms with Gasteiger partial charge in [-0.05, 0) is 102 Å². The van der Waals surface area contributed by atoms with Crippen molar-refractivity contribution in [2.24, 2.45) is 0 Å². The van der Waals surface area contributed by atoms with Gasteiger partial charge in [0.2, 0.25) is 5.91 Å². The molecule has 0 spiro atoms. The number of hydrogen-bond donors (Lipinski definition) is 2. The molecule has 0 heterocycles. The third-order valence-electron chi connectivity index (χ3n) is 13.8. The lowest BCUT2D eigenvalue weighted by Gasteiger charge is -2.27. The van der Waals surface area contributed by atoms with E-state index in [9.17, 15) is 19.0 Å². The Balaban J connectivity index is 5.18. The summed E-state index contributed by atoms with van der Waals surface area (Å²) in [5, 5.41) is 3.05. The average molecular weight is 1110 g/mol. The van der Waals surface area contributed by atoms with Crippen molar-refractivity contribution in [2.45, 2.75) is 283 Å². The van der Waals surface area contributed by atoms with E-state index in [0.29, 0.717) is 17.4 Å². The molecule has 3 atom stereocenters. The SMILES string of the molecule is CC/C=C\C/C=C\C/C=C\C/C=C\C/C=C\CCCCCCCCCCCC(=O)OC(/C=C\CCCCCCCCCCCC)C(COP(=O)(O)OCC[N+](C)(C)C)NC(=O)CCCCCCCC/C=C/C=C/CCCCC. The van der Waals surface area contributed by atoms with Gasteiger partial charge in [-0.1, -0.05) is 253 Å². The lowest BCUT2D eigenvalue weighted by atomic mass is 10.0. The molecule has 0 radical (unpaired) electrons. The summed E-state index contributed by atoms with van der Waals surface area (Å²) in [6, 6.07) is -0.862. The molecule has 3 unspecified atom stereocenters. The molecule has 9 nitrogen and oxygen atoms in total. The van der Waals surface area contributed by atoms with Gasteiger partial charge in [-0.15, -0.1) is 0 Å².